The molecule has 1 saturated carbocycles. The van der Waals surface area contributed by atoms with Crippen LogP contribution in [-0.4, -0.2) is 23.0 Å². The highest BCUT2D eigenvalue weighted by Crippen LogP contribution is 2.43. The van der Waals surface area contributed by atoms with Gasteiger partial charge in [0.2, 0.25) is 0 Å². The molecule has 0 bridgehead atoms. The third kappa shape index (κ3) is 6.22. The Balaban J connectivity index is 1.74. The van der Waals surface area contributed by atoms with Gasteiger partial charge in [-0.2, -0.15) is 0 Å². The Labute approximate surface area is 196 Å². The average molecular weight is 456 g/mol. The Bertz CT molecular complexity index is 969. The summed E-state index contributed by atoms with van der Waals surface area (Å²) in [5.74, 6) is 0.219. The van der Waals surface area contributed by atoms with Crippen LogP contribution in [0, 0.1) is 24.2 Å². The van der Waals surface area contributed by atoms with Crippen molar-refractivity contribution in [3.63, 3.8) is 0 Å². The molecular weight excluding hydrogens is 418 g/mol. The second-order valence-electron chi connectivity index (χ2n) is 10.3. The standard InChI is InChI=1S/C27H37NO3S/c1-18-14-15-24-20(16-18)21(17-32-24)26(31)28-23-12-9-11-22(27(2,3)4)19(23)10-7-5-6-8-13-25(29)30/h5,7,14-17,19,22-23H,6,8-13H2,1-4H3,(H,28,31)(H,29,30)/t19-,22+,23?/m1/s1. The molecule has 0 aliphatic heterocycles. The normalized spacial score (nSPS) is 21.8. The molecule has 1 fully saturated rings. The number of unbranched alkanes of at least 4 members (excludes halogenated alkanes) is 1. The smallest absolute Gasteiger partial charge is 0.303 e. The van der Waals surface area contributed by atoms with Crippen LogP contribution in [0.3, 0.4) is 0 Å². The number of carboxylic acids is 1. The van der Waals surface area contributed by atoms with Crippen LogP contribution in [0.5, 0.6) is 0 Å². The largest absolute Gasteiger partial charge is 0.481 e. The van der Waals surface area contributed by atoms with Gasteiger partial charge < -0.3 is 10.4 Å². The van der Waals surface area contributed by atoms with Gasteiger partial charge in [-0.05, 0) is 68.4 Å². The molecule has 32 heavy (non-hydrogen) atoms. The van der Waals surface area contributed by atoms with Crippen molar-refractivity contribution in [1.29, 1.82) is 0 Å². The van der Waals surface area contributed by atoms with Gasteiger partial charge in [-0.3, -0.25) is 9.59 Å². The third-order valence-corrected chi connectivity index (χ3v) is 7.77. The molecule has 174 valence electrons. The molecule has 0 saturated heterocycles. The number of rotatable bonds is 8. The van der Waals surface area contributed by atoms with E-state index in [1.807, 2.05) is 5.38 Å². The molecular formula is C27H37NO3S. The molecule has 1 aliphatic rings. The van der Waals surface area contributed by atoms with Gasteiger partial charge in [0.15, 0.2) is 0 Å². The lowest BCUT2D eigenvalue weighted by Gasteiger charge is -2.45. The highest BCUT2D eigenvalue weighted by atomic mass is 32.1. The number of thiophene rings is 1. The maximum atomic E-state index is 13.3. The van der Waals surface area contributed by atoms with Crippen molar-refractivity contribution in [1.82, 2.24) is 5.32 Å². The lowest BCUT2D eigenvalue weighted by atomic mass is 9.63. The number of nitrogens with one attached hydrogen (secondary N) is 1. The molecule has 1 unspecified atom stereocenters. The van der Waals surface area contributed by atoms with Crippen LogP contribution >= 0.6 is 11.3 Å². The number of allylic oxidation sites excluding steroid dienone is 2. The van der Waals surface area contributed by atoms with Crippen LogP contribution < -0.4 is 5.32 Å². The number of amides is 1. The summed E-state index contributed by atoms with van der Waals surface area (Å²) >= 11 is 1.63. The summed E-state index contributed by atoms with van der Waals surface area (Å²) in [5, 5.41) is 15.3. The number of carboxylic acid groups (broad SMARTS) is 1. The van der Waals surface area contributed by atoms with Crippen LogP contribution in [0.25, 0.3) is 10.1 Å². The van der Waals surface area contributed by atoms with Gasteiger partial charge in [0.25, 0.3) is 5.91 Å². The highest BCUT2D eigenvalue weighted by molar-refractivity contribution is 7.17. The quantitative estimate of drug-likeness (QED) is 0.333. The molecule has 5 heteroatoms. The molecule has 3 atom stereocenters. The highest BCUT2D eigenvalue weighted by Gasteiger charge is 2.39. The van der Waals surface area contributed by atoms with E-state index in [1.54, 1.807) is 11.3 Å². The van der Waals surface area contributed by atoms with Crippen molar-refractivity contribution in [2.45, 2.75) is 78.7 Å². The van der Waals surface area contributed by atoms with Crippen molar-refractivity contribution in [3.05, 3.63) is 46.9 Å². The Morgan fingerprint density at radius 3 is 2.72 bits per heavy atom. The van der Waals surface area contributed by atoms with Crippen molar-refractivity contribution >= 4 is 33.3 Å². The van der Waals surface area contributed by atoms with E-state index in [-0.39, 0.29) is 23.8 Å². The zero-order chi connectivity index (χ0) is 23.3. The summed E-state index contributed by atoms with van der Waals surface area (Å²) in [4.78, 5) is 24.0. The Morgan fingerprint density at radius 1 is 1.22 bits per heavy atom. The van der Waals surface area contributed by atoms with Gasteiger partial charge >= 0.3 is 5.97 Å². The van der Waals surface area contributed by atoms with Gasteiger partial charge in [-0.1, -0.05) is 51.0 Å². The van der Waals surface area contributed by atoms with E-state index in [4.69, 9.17) is 5.11 Å². The van der Waals surface area contributed by atoms with E-state index in [0.717, 1.165) is 41.3 Å². The Hall–Kier alpha value is -2.14. The molecule has 3 rings (SSSR count). The second kappa shape index (κ2) is 10.7. The van der Waals surface area contributed by atoms with Gasteiger partial charge in [0.05, 0.1) is 5.56 Å². The molecule has 4 nitrogen and oxygen atoms in total. The van der Waals surface area contributed by atoms with Crippen molar-refractivity contribution in [3.8, 4) is 0 Å². The fraction of sp³-hybridized carbons (Fsp3) is 0.556. The second-order valence-corrected chi connectivity index (χ2v) is 11.2. The molecule has 1 aromatic heterocycles. The van der Waals surface area contributed by atoms with E-state index >= 15 is 0 Å². The average Bonchev–Trinajstić information content (AvgIpc) is 3.13. The number of carbonyl (C=O) groups excluding carboxylic acids is 1. The first-order valence-electron chi connectivity index (χ1n) is 11.8. The summed E-state index contributed by atoms with van der Waals surface area (Å²) in [7, 11) is 0. The molecule has 1 amide bonds. The van der Waals surface area contributed by atoms with E-state index in [0.29, 0.717) is 18.3 Å². The van der Waals surface area contributed by atoms with Crippen LogP contribution in [-0.2, 0) is 4.79 Å². The maximum absolute atomic E-state index is 13.3. The summed E-state index contributed by atoms with van der Waals surface area (Å²) in [6.45, 7) is 8.98. The van der Waals surface area contributed by atoms with Crippen LogP contribution in [0.15, 0.2) is 35.7 Å². The number of benzene rings is 1. The SMILES string of the molecule is Cc1ccc2scc(C(=O)NC3CCC[C@H](C(C)(C)C)[C@H]3CC=CCCCC(=O)O)c2c1. The van der Waals surface area contributed by atoms with Crippen LogP contribution in [0.2, 0.25) is 0 Å². The lowest BCUT2D eigenvalue weighted by molar-refractivity contribution is -0.137. The fourth-order valence-electron chi connectivity index (χ4n) is 5.16. The van der Waals surface area contributed by atoms with E-state index in [9.17, 15) is 9.59 Å². The fourth-order valence-corrected chi connectivity index (χ4v) is 6.08. The number of carbonyl (C=O) groups is 2. The molecule has 1 aromatic carbocycles. The summed E-state index contributed by atoms with van der Waals surface area (Å²) < 4.78 is 1.15. The summed E-state index contributed by atoms with van der Waals surface area (Å²) in [6.07, 6.45) is 10.2. The van der Waals surface area contributed by atoms with Crippen LogP contribution in [0.1, 0.15) is 81.6 Å². The predicted molar refractivity (Wildman–Crippen MR) is 133 cm³/mol. The monoisotopic (exact) mass is 455 g/mol. The maximum Gasteiger partial charge on any atom is 0.303 e. The van der Waals surface area contributed by atoms with Gasteiger partial charge in [0.1, 0.15) is 0 Å². The minimum atomic E-state index is -0.739. The van der Waals surface area contributed by atoms with E-state index in [1.165, 1.54) is 12.0 Å². The topological polar surface area (TPSA) is 66.4 Å². The van der Waals surface area contributed by atoms with Crippen molar-refractivity contribution < 1.29 is 14.7 Å². The van der Waals surface area contributed by atoms with Crippen molar-refractivity contribution in [2.75, 3.05) is 0 Å². The Kier molecular flexibility index (Phi) is 8.16. The number of aliphatic carboxylic acids is 1. The first-order valence-corrected chi connectivity index (χ1v) is 12.7. The summed E-state index contributed by atoms with van der Waals surface area (Å²) in [5.41, 5.74) is 2.13. The van der Waals surface area contributed by atoms with Gasteiger partial charge in [0, 0.05) is 27.9 Å². The van der Waals surface area contributed by atoms with E-state index < -0.39 is 5.97 Å². The number of hydrogen-bond donors (Lipinski definition) is 2. The molecule has 2 N–H and O–H groups in total. The number of fused-ring (bicyclic) bond motifs is 1. The number of hydrogen-bond acceptors (Lipinski definition) is 3. The number of aryl methyl sites for hydroxylation is 1. The van der Waals surface area contributed by atoms with Gasteiger partial charge in [-0.15, -0.1) is 11.3 Å². The summed E-state index contributed by atoms with van der Waals surface area (Å²) in [6, 6.07) is 6.45. The molecule has 0 radical (unpaired) electrons. The lowest BCUT2D eigenvalue weighted by Crippen LogP contribution is -2.48. The minimum Gasteiger partial charge on any atom is -0.481 e. The zero-order valence-electron chi connectivity index (χ0n) is 19.8. The first-order chi connectivity index (χ1) is 15.2. The van der Waals surface area contributed by atoms with Gasteiger partial charge in [-0.25, -0.2) is 0 Å². The Morgan fingerprint density at radius 2 is 2.00 bits per heavy atom. The minimum absolute atomic E-state index is 0.0387. The third-order valence-electron chi connectivity index (χ3n) is 6.80. The molecule has 2 aromatic rings. The van der Waals surface area contributed by atoms with Crippen molar-refractivity contribution in [2.24, 2.45) is 17.3 Å². The molecule has 0 spiro atoms. The molecule has 1 aliphatic carbocycles. The van der Waals surface area contributed by atoms with E-state index in [2.05, 4.69) is 63.4 Å². The molecule has 1 heterocycles. The zero-order valence-corrected chi connectivity index (χ0v) is 20.6. The van der Waals surface area contributed by atoms with Crippen LogP contribution in [0.4, 0.5) is 0 Å². The first kappa shape index (κ1) is 24.5. The predicted octanol–water partition coefficient (Wildman–Crippen LogP) is 6.97.